The van der Waals surface area contributed by atoms with Gasteiger partial charge in [0, 0.05) is 18.7 Å². The molecule has 1 amide bonds. The highest BCUT2D eigenvalue weighted by Crippen LogP contribution is 2.02. The summed E-state index contributed by atoms with van der Waals surface area (Å²) in [5, 5.41) is 5.89. The molecule has 1 aromatic rings. The summed E-state index contributed by atoms with van der Waals surface area (Å²) in [4.78, 5) is 11.7. The largest absolute Gasteiger partial charge is 0.387 e. The predicted molar refractivity (Wildman–Crippen MR) is 63.5 cm³/mol. The molecule has 1 aromatic carbocycles. The van der Waals surface area contributed by atoms with E-state index in [0.29, 0.717) is 13.1 Å². The first-order valence-electron chi connectivity index (χ1n) is 5.28. The van der Waals surface area contributed by atoms with E-state index in [4.69, 9.17) is 0 Å². The quantitative estimate of drug-likeness (QED) is 0.797. The van der Waals surface area contributed by atoms with E-state index in [0.717, 1.165) is 11.1 Å². The first-order valence-corrected chi connectivity index (χ1v) is 5.28. The summed E-state index contributed by atoms with van der Waals surface area (Å²) in [5.74, 6) is -0.0263. The van der Waals surface area contributed by atoms with E-state index >= 15 is 0 Å². The standard InChI is InChI=1S/C13H14N2O/c16-13(12-6-8-14-9-7-12)15-10-11-4-2-1-3-5-11/h1-8,14H,9-10H2,(H,15,16). The highest BCUT2D eigenvalue weighted by atomic mass is 16.1. The van der Waals surface area contributed by atoms with Crippen LogP contribution < -0.4 is 10.6 Å². The van der Waals surface area contributed by atoms with E-state index in [-0.39, 0.29) is 5.91 Å². The second-order valence-corrected chi connectivity index (χ2v) is 3.57. The molecule has 82 valence electrons. The maximum Gasteiger partial charge on any atom is 0.251 e. The van der Waals surface area contributed by atoms with Gasteiger partial charge in [-0.3, -0.25) is 4.79 Å². The van der Waals surface area contributed by atoms with Crippen molar-refractivity contribution >= 4 is 5.91 Å². The van der Waals surface area contributed by atoms with Crippen molar-refractivity contribution in [3.05, 3.63) is 59.8 Å². The topological polar surface area (TPSA) is 41.1 Å². The number of rotatable bonds is 3. The van der Waals surface area contributed by atoms with Crippen LogP contribution >= 0.6 is 0 Å². The van der Waals surface area contributed by atoms with Gasteiger partial charge in [-0.1, -0.05) is 36.4 Å². The Morgan fingerprint density at radius 3 is 2.81 bits per heavy atom. The Labute approximate surface area is 94.9 Å². The zero-order valence-electron chi connectivity index (χ0n) is 8.94. The van der Waals surface area contributed by atoms with E-state index in [1.54, 1.807) is 12.3 Å². The summed E-state index contributed by atoms with van der Waals surface area (Å²) < 4.78 is 0. The molecule has 1 heterocycles. The fraction of sp³-hybridized carbons (Fsp3) is 0.154. The predicted octanol–water partition coefficient (Wildman–Crippen LogP) is 1.35. The SMILES string of the molecule is O=C(NCc1ccccc1)C1=CCNC=C1. The van der Waals surface area contributed by atoms with Gasteiger partial charge in [-0.25, -0.2) is 0 Å². The van der Waals surface area contributed by atoms with E-state index in [9.17, 15) is 4.79 Å². The van der Waals surface area contributed by atoms with Crippen molar-refractivity contribution in [1.29, 1.82) is 0 Å². The van der Waals surface area contributed by atoms with Crippen LogP contribution in [0.4, 0.5) is 0 Å². The van der Waals surface area contributed by atoms with E-state index in [1.165, 1.54) is 0 Å². The number of hydrogen-bond donors (Lipinski definition) is 2. The summed E-state index contributed by atoms with van der Waals surface area (Å²) in [7, 11) is 0. The normalized spacial score (nSPS) is 13.9. The molecule has 0 saturated carbocycles. The number of benzene rings is 1. The molecule has 0 fully saturated rings. The zero-order valence-corrected chi connectivity index (χ0v) is 8.94. The number of carbonyl (C=O) groups is 1. The van der Waals surface area contributed by atoms with Gasteiger partial charge in [0.25, 0.3) is 5.91 Å². The van der Waals surface area contributed by atoms with Crippen LogP contribution in [0.3, 0.4) is 0 Å². The van der Waals surface area contributed by atoms with Crippen LogP contribution in [0.2, 0.25) is 0 Å². The minimum atomic E-state index is -0.0263. The number of dihydropyridines is 1. The van der Waals surface area contributed by atoms with Crippen molar-refractivity contribution < 1.29 is 4.79 Å². The lowest BCUT2D eigenvalue weighted by Gasteiger charge is -2.09. The van der Waals surface area contributed by atoms with Gasteiger partial charge >= 0.3 is 0 Å². The Kier molecular flexibility index (Phi) is 3.38. The highest BCUT2D eigenvalue weighted by molar-refractivity contribution is 5.96. The smallest absolute Gasteiger partial charge is 0.251 e. The Balaban J connectivity index is 1.89. The molecular weight excluding hydrogens is 200 g/mol. The lowest BCUT2D eigenvalue weighted by molar-refractivity contribution is -0.117. The molecule has 1 aliphatic rings. The van der Waals surface area contributed by atoms with Crippen molar-refractivity contribution in [1.82, 2.24) is 10.6 Å². The Morgan fingerprint density at radius 2 is 2.12 bits per heavy atom. The van der Waals surface area contributed by atoms with Crippen LogP contribution in [0.1, 0.15) is 5.56 Å². The molecule has 2 N–H and O–H groups in total. The summed E-state index contributed by atoms with van der Waals surface area (Å²) in [6.07, 6.45) is 5.45. The summed E-state index contributed by atoms with van der Waals surface area (Å²) in [6.45, 7) is 1.28. The first kappa shape index (κ1) is 10.5. The molecule has 0 saturated heterocycles. The van der Waals surface area contributed by atoms with Crippen LogP contribution in [0.25, 0.3) is 0 Å². The molecule has 3 heteroatoms. The van der Waals surface area contributed by atoms with Gasteiger partial charge in [-0.15, -0.1) is 0 Å². The first-order chi connectivity index (χ1) is 7.86. The monoisotopic (exact) mass is 214 g/mol. The van der Waals surface area contributed by atoms with Crippen molar-refractivity contribution in [3.63, 3.8) is 0 Å². The molecule has 0 spiro atoms. The molecule has 0 atom stereocenters. The Bertz CT molecular complexity index is 421. The Morgan fingerprint density at radius 1 is 1.31 bits per heavy atom. The second-order valence-electron chi connectivity index (χ2n) is 3.57. The van der Waals surface area contributed by atoms with E-state index < -0.39 is 0 Å². The maximum absolute atomic E-state index is 11.7. The van der Waals surface area contributed by atoms with Gasteiger partial charge < -0.3 is 10.6 Å². The lowest BCUT2D eigenvalue weighted by Crippen LogP contribution is -2.25. The van der Waals surface area contributed by atoms with Gasteiger partial charge in [0.1, 0.15) is 0 Å². The number of nitrogens with one attached hydrogen (secondary N) is 2. The Hall–Kier alpha value is -2.03. The average Bonchev–Trinajstić information content (AvgIpc) is 2.38. The minimum absolute atomic E-state index is 0.0263. The van der Waals surface area contributed by atoms with Crippen molar-refractivity contribution in [2.75, 3.05) is 6.54 Å². The number of amides is 1. The van der Waals surface area contributed by atoms with Gasteiger partial charge in [0.15, 0.2) is 0 Å². The molecule has 0 aliphatic carbocycles. The van der Waals surface area contributed by atoms with Crippen molar-refractivity contribution in [2.24, 2.45) is 0 Å². The van der Waals surface area contributed by atoms with Crippen LogP contribution in [0.15, 0.2) is 54.3 Å². The van der Waals surface area contributed by atoms with Crippen molar-refractivity contribution in [2.45, 2.75) is 6.54 Å². The van der Waals surface area contributed by atoms with Gasteiger partial charge in [0.05, 0.1) is 0 Å². The summed E-state index contributed by atoms with van der Waals surface area (Å²) in [5.41, 5.74) is 1.82. The van der Waals surface area contributed by atoms with Crippen LogP contribution in [-0.4, -0.2) is 12.5 Å². The molecule has 0 unspecified atom stereocenters. The molecule has 3 nitrogen and oxygen atoms in total. The maximum atomic E-state index is 11.7. The molecule has 0 radical (unpaired) electrons. The van der Waals surface area contributed by atoms with Crippen LogP contribution in [0.5, 0.6) is 0 Å². The number of carbonyl (C=O) groups excluding carboxylic acids is 1. The van der Waals surface area contributed by atoms with Gasteiger partial charge in [-0.05, 0) is 17.8 Å². The van der Waals surface area contributed by atoms with Gasteiger partial charge in [0.2, 0.25) is 0 Å². The third kappa shape index (κ3) is 2.73. The fourth-order valence-corrected chi connectivity index (χ4v) is 1.50. The second kappa shape index (κ2) is 5.16. The molecular formula is C13H14N2O. The summed E-state index contributed by atoms with van der Waals surface area (Å²) in [6, 6.07) is 9.87. The van der Waals surface area contributed by atoms with Gasteiger partial charge in [-0.2, -0.15) is 0 Å². The average molecular weight is 214 g/mol. The zero-order chi connectivity index (χ0) is 11.2. The number of hydrogen-bond acceptors (Lipinski definition) is 2. The third-order valence-corrected chi connectivity index (χ3v) is 2.38. The summed E-state index contributed by atoms with van der Waals surface area (Å²) >= 11 is 0. The minimum Gasteiger partial charge on any atom is -0.387 e. The lowest BCUT2D eigenvalue weighted by atomic mass is 10.2. The highest BCUT2D eigenvalue weighted by Gasteiger charge is 2.06. The molecule has 16 heavy (non-hydrogen) atoms. The molecule has 0 bridgehead atoms. The molecule has 2 rings (SSSR count). The fourth-order valence-electron chi connectivity index (χ4n) is 1.50. The van der Waals surface area contributed by atoms with Crippen LogP contribution in [0, 0.1) is 0 Å². The van der Waals surface area contributed by atoms with Crippen LogP contribution in [-0.2, 0) is 11.3 Å². The molecule has 1 aliphatic heterocycles. The van der Waals surface area contributed by atoms with E-state index in [2.05, 4.69) is 10.6 Å². The third-order valence-electron chi connectivity index (χ3n) is 2.38. The van der Waals surface area contributed by atoms with E-state index in [1.807, 2.05) is 36.4 Å². The molecule has 0 aromatic heterocycles. The van der Waals surface area contributed by atoms with Crippen molar-refractivity contribution in [3.8, 4) is 0 Å².